The van der Waals surface area contributed by atoms with Crippen LogP contribution in [0, 0.1) is 0 Å². The summed E-state index contributed by atoms with van der Waals surface area (Å²) in [5, 5.41) is 0. The first-order valence-corrected chi connectivity index (χ1v) is 5.75. The normalized spacial score (nSPS) is 7.08. The minimum absolute atomic E-state index is 1.75. The quantitative estimate of drug-likeness (QED) is 0.563. The smallest absolute Gasteiger partial charge is 0.168 e. The molecule has 0 saturated heterocycles. The molecule has 0 radical (unpaired) electrons. The van der Waals surface area contributed by atoms with Crippen LogP contribution in [0.15, 0.2) is 30.6 Å². The molecule has 0 saturated carbocycles. The summed E-state index contributed by atoms with van der Waals surface area (Å²) < 4.78 is 2.00. The van der Waals surface area contributed by atoms with Gasteiger partial charge in [0, 0.05) is 12.1 Å². The molecule has 0 amide bonds. The lowest BCUT2D eigenvalue weighted by molar-refractivity contribution is -0.671. The average molecular weight is 186 g/mol. The van der Waals surface area contributed by atoms with E-state index in [9.17, 15) is 0 Å². The maximum Gasteiger partial charge on any atom is 0.168 e. The number of aryl methyl sites for hydroxylation is 1. The maximum atomic E-state index is 2.04. The first kappa shape index (κ1) is 14.0. The molecule has 1 aromatic heterocycles. The molecule has 0 spiro atoms. The molecule has 0 aliphatic carbocycles. The molecular formula is C10H20NS+. The SMILES string of the molecule is CC.CSC.C[n+]1ccccc1. The van der Waals surface area contributed by atoms with Crippen molar-refractivity contribution in [2.45, 2.75) is 13.8 Å². The Morgan fingerprint density at radius 3 is 1.42 bits per heavy atom. The van der Waals surface area contributed by atoms with Gasteiger partial charge in [-0.15, -0.1) is 0 Å². The van der Waals surface area contributed by atoms with E-state index in [1.165, 1.54) is 0 Å². The Labute approximate surface area is 80.8 Å². The van der Waals surface area contributed by atoms with Gasteiger partial charge in [0.15, 0.2) is 12.4 Å². The monoisotopic (exact) mass is 186 g/mol. The fourth-order valence-electron chi connectivity index (χ4n) is 0.485. The molecule has 0 aromatic carbocycles. The van der Waals surface area contributed by atoms with Crippen molar-refractivity contribution in [2.24, 2.45) is 7.05 Å². The number of pyridine rings is 1. The van der Waals surface area contributed by atoms with Crippen LogP contribution in [-0.2, 0) is 7.05 Å². The van der Waals surface area contributed by atoms with E-state index >= 15 is 0 Å². The molecule has 0 aliphatic rings. The Bertz CT molecular complexity index is 151. The standard InChI is InChI=1S/C6H8N.C2H6S.C2H6/c1-7-5-3-2-4-6-7;1-3-2;1-2/h2-6H,1H3;1-2H3;1-2H3/q+1;;. The summed E-state index contributed by atoms with van der Waals surface area (Å²) in [6.45, 7) is 4.00. The van der Waals surface area contributed by atoms with E-state index < -0.39 is 0 Å². The lowest BCUT2D eigenvalue weighted by Crippen LogP contribution is -2.25. The Morgan fingerprint density at radius 2 is 1.25 bits per heavy atom. The predicted molar refractivity (Wildman–Crippen MR) is 58.4 cm³/mol. The van der Waals surface area contributed by atoms with Gasteiger partial charge in [-0.3, -0.25) is 0 Å². The van der Waals surface area contributed by atoms with Crippen LogP contribution in [0.5, 0.6) is 0 Å². The average Bonchev–Trinajstić information content (AvgIpc) is 2.11. The van der Waals surface area contributed by atoms with Gasteiger partial charge in [-0.05, 0) is 12.5 Å². The van der Waals surface area contributed by atoms with Gasteiger partial charge in [0.25, 0.3) is 0 Å². The molecule has 1 rings (SSSR count). The number of rotatable bonds is 0. The molecule has 2 heteroatoms. The second-order valence-corrected chi connectivity index (χ2v) is 2.77. The van der Waals surface area contributed by atoms with Crippen molar-refractivity contribution in [3.05, 3.63) is 30.6 Å². The molecule has 1 aromatic rings. The molecule has 0 fully saturated rings. The highest BCUT2D eigenvalue weighted by Gasteiger charge is 1.78. The van der Waals surface area contributed by atoms with E-state index in [0.717, 1.165) is 0 Å². The highest BCUT2D eigenvalue weighted by Crippen LogP contribution is 1.71. The van der Waals surface area contributed by atoms with Gasteiger partial charge in [-0.2, -0.15) is 11.8 Å². The second kappa shape index (κ2) is 13.1. The fourth-order valence-corrected chi connectivity index (χ4v) is 0.485. The zero-order chi connectivity index (χ0) is 9.82. The van der Waals surface area contributed by atoms with E-state index in [0.29, 0.717) is 0 Å². The third-order valence-corrected chi connectivity index (χ3v) is 0.865. The van der Waals surface area contributed by atoms with E-state index in [-0.39, 0.29) is 0 Å². The summed E-state index contributed by atoms with van der Waals surface area (Å²) in [7, 11) is 2.00. The van der Waals surface area contributed by atoms with Crippen molar-refractivity contribution < 1.29 is 4.57 Å². The van der Waals surface area contributed by atoms with Crippen LogP contribution >= 0.6 is 11.8 Å². The molecule has 1 nitrogen and oxygen atoms in total. The third-order valence-electron chi connectivity index (χ3n) is 0.865. The molecule has 0 aliphatic heterocycles. The number of hydrogen-bond acceptors (Lipinski definition) is 1. The highest BCUT2D eigenvalue weighted by atomic mass is 32.2. The zero-order valence-electron chi connectivity index (χ0n) is 8.74. The van der Waals surface area contributed by atoms with Crippen molar-refractivity contribution in [2.75, 3.05) is 12.5 Å². The van der Waals surface area contributed by atoms with Crippen molar-refractivity contribution in [3.63, 3.8) is 0 Å². The molecular weight excluding hydrogens is 166 g/mol. The van der Waals surface area contributed by atoms with Crippen LogP contribution in [0.1, 0.15) is 13.8 Å². The first-order chi connectivity index (χ1) is 5.81. The Kier molecular flexibility index (Phi) is 15.4. The van der Waals surface area contributed by atoms with E-state index in [1.54, 1.807) is 11.8 Å². The fraction of sp³-hybridized carbons (Fsp3) is 0.500. The summed E-state index contributed by atoms with van der Waals surface area (Å²) in [6, 6.07) is 6.00. The summed E-state index contributed by atoms with van der Waals surface area (Å²) in [4.78, 5) is 0. The Balaban J connectivity index is 0. The van der Waals surface area contributed by atoms with Gasteiger partial charge < -0.3 is 0 Å². The maximum absolute atomic E-state index is 2.04. The van der Waals surface area contributed by atoms with Gasteiger partial charge >= 0.3 is 0 Å². The number of nitrogens with zero attached hydrogens (tertiary/aromatic N) is 1. The molecule has 0 unspecified atom stereocenters. The molecule has 0 N–H and O–H groups in total. The van der Waals surface area contributed by atoms with Gasteiger partial charge in [-0.25, -0.2) is 4.57 Å². The number of thioether (sulfide) groups is 1. The molecule has 0 bridgehead atoms. The number of aromatic nitrogens is 1. The van der Waals surface area contributed by atoms with Crippen molar-refractivity contribution in [1.82, 2.24) is 0 Å². The Hall–Kier alpha value is -0.500. The topological polar surface area (TPSA) is 3.88 Å². The van der Waals surface area contributed by atoms with E-state index in [4.69, 9.17) is 0 Å². The molecule has 12 heavy (non-hydrogen) atoms. The lowest BCUT2D eigenvalue weighted by atomic mass is 10.5. The van der Waals surface area contributed by atoms with E-state index in [1.807, 2.05) is 68.6 Å². The van der Waals surface area contributed by atoms with Gasteiger partial charge in [-0.1, -0.05) is 19.9 Å². The van der Waals surface area contributed by atoms with Gasteiger partial charge in [0.05, 0.1) is 0 Å². The predicted octanol–water partition coefficient (Wildman–Crippen LogP) is 2.52. The van der Waals surface area contributed by atoms with Crippen molar-refractivity contribution in [1.29, 1.82) is 0 Å². The summed E-state index contributed by atoms with van der Waals surface area (Å²) in [5.41, 5.74) is 0. The number of hydrogen-bond donors (Lipinski definition) is 0. The summed E-state index contributed by atoms with van der Waals surface area (Å²) in [5.74, 6) is 0. The van der Waals surface area contributed by atoms with Crippen LogP contribution in [0.3, 0.4) is 0 Å². The molecule has 0 atom stereocenters. The molecule has 1 heterocycles. The third kappa shape index (κ3) is 12.2. The summed E-state index contributed by atoms with van der Waals surface area (Å²) >= 11 is 1.75. The van der Waals surface area contributed by atoms with Gasteiger partial charge in [0.2, 0.25) is 0 Å². The van der Waals surface area contributed by atoms with E-state index in [2.05, 4.69) is 0 Å². The van der Waals surface area contributed by atoms with Crippen LogP contribution in [0.25, 0.3) is 0 Å². The minimum atomic E-state index is 1.75. The molecule has 70 valence electrons. The van der Waals surface area contributed by atoms with Crippen molar-refractivity contribution in [3.8, 4) is 0 Å². The Morgan fingerprint density at radius 1 is 0.917 bits per heavy atom. The van der Waals surface area contributed by atoms with Crippen molar-refractivity contribution >= 4 is 11.8 Å². The first-order valence-electron chi connectivity index (χ1n) is 4.11. The van der Waals surface area contributed by atoms with Crippen LogP contribution < -0.4 is 4.57 Å². The zero-order valence-corrected chi connectivity index (χ0v) is 9.56. The minimum Gasteiger partial charge on any atom is -0.208 e. The van der Waals surface area contributed by atoms with Crippen LogP contribution in [-0.4, -0.2) is 12.5 Å². The summed E-state index contributed by atoms with van der Waals surface area (Å²) in [6.07, 6.45) is 8.08. The highest BCUT2D eigenvalue weighted by molar-refractivity contribution is 7.97. The lowest BCUT2D eigenvalue weighted by Gasteiger charge is -1.77. The van der Waals surface area contributed by atoms with Gasteiger partial charge in [0.1, 0.15) is 7.05 Å². The van der Waals surface area contributed by atoms with Crippen LogP contribution in [0.4, 0.5) is 0 Å². The van der Waals surface area contributed by atoms with Crippen LogP contribution in [0.2, 0.25) is 0 Å². The second-order valence-electron chi connectivity index (χ2n) is 1.95. The largest absolute Gasteiger partial charge is 0.208 e.